The van der Waals surface area contributed by atoms with Gasteiger partial charge in [0.2, 0.25) is 0 Å². The summed E-state index contributed by atoms with van der Waals surface area (Å²) >= 11 is 0. The first-order valence-electron chi connectivity index (χ1n) is 6.54. The van der Waals surface area contributed by atoms with E-state index in [4.69, 9.17) is 0 Å². The fourth-order valence-electron chi connectivity index (χ4n) is 2.47. The fourth-order valence-corrected chi connectivity index (χ4v) is 2.47. The molecule has 0 fully saturated rings. The molecule has 98 valence electrons. The number of nitrogens with one attached hydrogen (secondary N) is 1. The third-order valence-corrected chi connectivity index (χ3v) is 3.58. The number of nitrogens with zero attached hydrogens (tertiary/aromatic N) is 1. The summed E-state index contributed by atoms with van der Waals surface area (Å²) in [7, 11) is 0. The Labute approximate surface area is 113 Å². The van der Waals surface area contributed by atoms with Gasteiger partial charge in [-0.3, -0.25) is 0 Å². The molecule has 3 nitrogen and oxygen atoms in total. The van der Waals surface area contributed by atoms with Gasteiger partial charge >= 0.3 is 0 Å². The molecule has 0 bridgehead atoms. The van der Waals surface area contributed by atoms with Crippen LogP contribution < -0.4 is 5.32 Å². The van der Waals surface area contributed by atoms with Crippen LogP contribution in [-0.4, -0.2) is 22.3 Å². The van der Waals surface area contributed by atoms with Crippen molar-refractivity contribution < 1.29 is 5.11 Å². The summed E-state index contributed by atoms with van der Waals surface area (Å²) in [4.78, 5) is 2.09. The fraction of sp³-hybridized carbons (Fsp3) is 0.250. The van der Waals surface area contributed by atoms with Gasteiger partial charge in [0, 0.05) is 18.0 Å². The number of hydrogen-bond donors (Lipinski definition) is 2. The zero-order chi connectivity index (χ0) is 13.4. The van der Waals surface area contributed by atoms with Crippen LogP contribution in [0.25, 0.3) is 5.70 Å². The highest BCUT2D eigenvalue weighted by Crippen LogP contribution is 2.28. The second-order valence-electron chi connectivity index (χ2n) is 5.09. The summed E-state index contributed by atoms with van der Waals surface area (Å²) < 4.78 is 0. The maximum atomic E-state index is 9.83. The SMILES string of the molecule is Cc1ccc(C2=CN3C=CC=C([C@H](C)O)[C@@H]3N2)cc1. The van der Waals surface area contributed by atoms with Crippen LogP contribution in [-0.2, 0) is 0 Å². The molecule has 0 amide bonds. The van der Waals surface area contributed by atoms with Crippen molar-refractivity contribution in [3.8, 4) is 0 Å². The highest BCUT2D eigenvalue weighted by atomic mass is 16.3. The molecule has 2 aliphatic heterocycles. The Morgan fingerprint density at radius 1 is 1.26 bits per heavy atom. The molecular formula is C16H18N2O. The monoisotopic (exact) mass is 254 g/mol. The van der Waals surface area contributed by atoms with E-state index < -0.39 is 6.10 Å². The van der Waals surface area contributed by atoms with Crippen LogP contribution in [0.3, 0.4) is 0 Å². The van der Waals surface area contributed by atoms with Gasteiger partial charge in [0.15, 0.2) is 0 Å². The van der Waals surface area contributed by atoms with Crippen molar-refractivity contribution in [2.24, 2.45) is 0 Å². The lowest BCUT2D eigenvalue weighted by Crippen LogP contribution is -2.39. The first kappa shape index (κ1) is 12.1. The van der Waals surface area contributed by atoms with Gasteiger partial charge in [-0.05, 0) is 25.5 Å². The topological polar surface area (TPSA) is 35.5 Å². The van der Waals surface area contributed by atoms with Crippen LogP contribution in [0.5, 0.6) is 0 Å². The molecule has 3 rings (SSSR count). The van der Waals surface area contributed by atoms with Gasteiger partial charge in [0.1, 0.15) is 6.17 Å². The lowest BCUT2D eigenvalue weighted by molar-refractivity contribution is 0.206. The molecule has 2 N–H and O–H groups in total. The Morgan fingerprint density at radius 2 is 2.00 bits per heavy atom. The summed E-state index contributed by atoms with van der Waals surface area (Å²) in [6, 6.07) is 8.44. The van der Waals surface area contributed by atoms with E-state index in [1.165, 1.54) is 11.1 Å². The summed E-state index contributed by atoms with van der Waals surface area (Å²) in [5.74, 6) is 0. The molecule has 0 saturated heterocycles. The van der Waals surface area contributed by atoms with Gasteiger partial charge in [-0.25, -0.2) is 0 Å². The number of aryl methyl sites for hydroxylation is 1. The van der Waals surface area contributed by atoms with Crippen molar-refractivity contribution in [2.75, 3.05) is 0 Å². The summed E-state index contributed by atoms with van der Waals surface area (Å²) in [6.07, 6.45) is 7.63. The van der Waals surface area contributed by atoms with Gasteiger partial charge in [-0.2, -0.15) is 0 Å². The van der Waals surface area contributed by atoms with E-state index in [0.717, 1.165) is 11.3 Å². The van der Waals surface area contributed by atoms with E-state index in [1.54, 1.807) is 6.92 Å². The van der Waals surface area contributed by atoms with Crippen molar-refractivity contribution in [3.05, 3.63) is 65.5 Å². The standard InChI is InChI=1S/C16H18N2O/c1-11-5-7-13(8-6-11)15-10-18-9-3-4-14(12(2)19)16(18)17-15/h3-10,12,16-17,19H,1-2H3/t12-,16+/m0/s1. The molecule has 0 saturated carbocycles. The predicted molar refractivity (Wildman–Crippen MR) is 76.8 cm³/mol. The second-order valence-corrected chi connectivity index (χ2v) is 5.09. The largest absolute Gasteiger partial charge is 0.389 e. The molecule has 2 atom stereocenters. The van der Waals surface area contributed by atoms with E-state index in [-0.39, 0.29) is 6.17 Å². The van der Waals surface area contributed by atoms with E-state index in [9.17, 15) is 5.11 Å². The van der Waals surface area contributed by atoms with Crippen LogP contribution in [0, 0.1) is 6.92 Å². The third kappa shape index (κ3) is 2.17. The zero-order valence-electron chi connectivity index (χ0n) is 11.2. The van der Waals surface area contributed by atoms with Crippen molar-refractivity contribution in [1.29, 1.82) is 0 Å². The number of allylic oxidation sites excluding steroid dienone is 2. The normalized spacial score (nSPS) is 22.5. The zero-order valence-corrected chi connectivity index (χ0v) is 11.2. The molecule has 19 heavy (non-hydrogen) atoms. The van der Waals surface area contributed by atoms with E-state index >= 15 is 0 Å². The van der Waals surface area contributed by atoms with Crippen LogP contribution >= 0.6 is 0 Å². The highest BCUT2D eigenvalue weighted by molar-refractivity contribution is 5.67. The Morgan fingerprint density at radius 3 is 2.68 bits per heavy atom. The molecule has 1 aromatic carbocycles. The molecule has 0 radical (unpaired) electrons. The van der Waals surface area contributed by atoms with Crippen molar-refractivity contribution in [2.45, 2.75) is 26.1 Å². The Balaban J connectivity index is 1.87. The first-order chi connectivity index (χ1) is 9.15. The smallest absolute Gasteiger partial charge is 0.128 e. The summed E-state index contributed by atoms with van der Waals surface area (Å²) in [5, 5.41) is 13.3. The molecule has 2 aliphatic rings. The van der Waals surface area contributed by atoms with Gasteiger partial charge in [-0.15, -0.1) is 0 Å². The minimum Gasteiger partial charge on any atom is -0.389 e. The number of aliphatic hydroxyl groups excluding tert-OH is 1. The molecule has 0 spiro atoms. The lowest BCUT2D eigenvalue weighted by Gasteiger charge is -2.29. The van der Waals surface area contributed by atoms with Crippen molar-refractivity contribution in [3.63, 3.8) is 0 Å². The summed E-state index contributed by atoms with van der Waals surface area (Å²) in [5.41, 5.74) is 4.49. The number of hydrogen-bond acceptors (Lipinski definition) is 3. The third-order valence-electron chi connectivity index (χ3n) is 3.58. The average Bonchev–Trinajstić information content (AvgIpc) is 2.82. The maximum absolute atomic E-state index is 9.83. The molecule has 2 heterocycles. The molecule has 0 unspecified atom stereocenters. The van der Waals surface area contributed by atoms with Crippen LogP contribution in [0.4, 0.5) is 0 Å². The number of benzene rings is 1. The van der Waals surface area contributed by atoms with Gasteiger partial charge in [0.25, 0.3) is 0 Å². The summed E-state index contributed by atoms with van der Waals surface area (Å²) in [6.45, 7) is 3.88. The van der Waals surface area contributed by atoms with E-state index in [0.29, 0.717) is 0 Å². The average molecular weight is 254 g/mol. The molecular weight excluding hydrogens is 236 g/mol. The maximum Gasteiger partial charge on any atom is 0.128 e. The van der Waals surface area contributed by atoms with Crippen LogP contribution in [0.1, 0.15) is 18.1 Å². The quantitative estimate of drug-likeness (QED) is 0.850. The van der Waals surface area contributed by atoms with E-state index in [2.05, 4.69) is 47.6 Å². The molecule has 0 aliphatic carbocycles. The number of aliphatic hydroxyl groups is 1. The van der Waals surface area contributed by atoms with Crippen LogP contribution in [0.15, 0.2) is 54.4 Å². The Hall–Kier alpha value is -2.00. The predicted octanol–water partition coefficient (Wildman–Crippen LogP) is 2.36. The minimum absolute atomic E-state index is 0.0290. The van der Waals surface area contributed by atoms with Gasteiger partial charge < -0.3 is 15.3 Å². The molecule has 0 aromatic heterocycles. The first-order valence-corrected chi connectivity index (χ1v) is 6.54. The lowest BCUT2D eigenvalue weighted by atomic mass is 10.1. The van der Waals surface area contributed by atoms with Crippen LogP contribution in [0.2, 0.25) is 0 Å². The van der Waals surface area contributed by atoms with Crippen molar-refractivity contribution >= 4 is 5.70 Å². The molecule has 1 aromatic rings. The highest BCUT2D eigenvalue weighted by Gasteiger charge is 2.29. The van der Waals surface area contributed by atoms with Crippen molar-refractivity contribution in [1.82, 2.24) is 10.2 Å². The van der Waals surface area contributed by atoms with E-state index in [1.807, 2.05) is 18.4 Å². The molecule has 3 heteroatoms. The second kappa shape index (κ2) is 4.59. The Bertz CT molecular complexity index is 567. The van der Waals surface area contributed by atoms with Gasteiger partial charge in [0.05, 0.1) is 11.8 Å². The number of fused-ring (bicyclic) bond motifs is 1. The number of rotatable bonds is 2. The Kier molecular flexibility index (Phi) is 2.91. The minimum atomic E-state index is -0.448. The van der Waals surface area contributed by atoms with Gasteiger partial charge in [-0.1, -0.05) is 35.9 Å².